The molecule has 0 radical (unpaired) electrons. The SMILES string of the molecule is CC(C)C(Nc1ccc2c(c1)CCC2)C(=O)O. The number of fused-ring (bicyclic) bond motifs is 1. The molecule has 2 rings (SSSR count). The van der Waals surface area contributed by atoms with E-state index in [0.717, 1.165) is 18.5 Å². The molecular formula is C14H19NO2. The van der Waals surface area contributed by atoms with E-state index in [1.54, 1.807) is 0 Å². The number of carboxylic acid groups (broad SMARTS) is 1. The lowest BCUT2D eigenvalue weighted by Crippen LogP contribution is -2.34. The molecule has 2 N–H and O–H groups in total. The number of carbonyl (C=O) groups is 1. The van der Waals surface area contributed by atoms with Gasteiger partial charge in [0.2, 0.25) is 0 Å². The van der Waals surface area contributed by atoms with E-state index in [0.29, 0.717) is 0 Å². The van der Waals surface area contributed by atoms with E-state index >= 15 is 0 Å². The fourth-order valence-electron chi connectivity index (χ4n) is 2.35. The van der Waals surface area contributed by atoms with Gasteiger partial charge in [0.05, 0.1) is 0 Å². The van der Waals surface area contributed by atoms with E-state index in [2.05, 4.69) is 17.4 Å². The predicted molar refractivity (Wildman–Crippen MR) is 68.4 cm³/mol. The highest BCUT2D eigenvalue weighted by Gasteiger charge is 2.21. The molecule has 3 heteroatoms. The van der Waals surface area contributed by atoms with Crippen molar-refractivity contribution >= 4 is 11.7 Å². The minimum absolute atomic E-state index is 0.0701. The summed E-state index contributed by atoms with van der Waals surface area (Å²) in [7, 11) is 0. The zero-order valence-corrected chi connectivity index (χ0v) is 10.4. The normalized spacial score (nSPS) is 15.7. The molecule has 92 valence electrons. The summed E-state index contributed by atoms with van der Waals surface area (Å²) in [5.41, 5.74) is 3.70. The fourth-order valence-corrected chi connectivity index (χ4v) is 2.35. The molecule has 0 heterocycles. The smallest absolute Gasteiger partial charge is 0.326 e. The van der Waals surface area contributed by atoms with Gasteiger partial charge in [0.25, 0.3) is 0 Å². The minimum atomic E-state index is -0.791. The molecule has 1 unspecified atom stereocenters. The maximum absolute atomic E-state index is 11.1. The molecule has 0 saturated carbocycles. The van der Waals surface area contributed by atoms with Crippen LogP contribution in [0.3, 0.4) is 0 Å². The van der Waals surface area contributed by atoms with E-state index < -0.39 is 12.0 Å². The van der Waals surface area contributed by atoms with Gasteiger partial charge in [0.15, 0.2) is 0 Å². The summed E-state index contributed by atoms with van der Waals surface area (Å²) in [6, 6.07) is 5.68. The number of nitrogens with one attached hydrogen (secondary N) is 1. The van der Waals surface area contributed by atoms with Gasteiger partial charge in [-0.25, -0.2) is 4.79 Å². The Morgan fingerprint density at radius 2 is 2.00 bits per heavy atom. The number of hydrogen-bond donors (Lipinski definition) is 2. The number of anilines is 1. The van der Waals surface area contributed by atoms with Crippen molar-refractivity contribution in [3.05, 3.63) is 29.3 Å². The van der Waals surface area contributed by atoms with E-state index in [4.69, 9.17) is 5.11 Å². The molecule has 1 aliphatic rings. The molecule has 0 spiro atoms. The van der Waals surface area contributed by atoms with Crippen LogP contribution in [0, 0.1) is 5.92 Å². The second kappa shape index (κ2) is 4.78. The standard InChI is InChI=1S/C14H19NO2/c1-9(2)13(14(16)17)15-12-7-6-10-4-3-5-11(10)8-12/h6-9,13,15H,3-5H2,1-2H3,(H,16,17). The fraction of sp³-hybridized carbons (Fsp3) is 0.500. The van der Waals surface area contributed by atoms with Crippen LogP contribution in [-0.2, 0) is 17.6 Å². The average Bonchev–Trinajstić information content (AvgIpc) is 2.71. The Morgan fingerprint density at radius 1 is 1.29 bits per heavy atom. The van der Waals surface area contributed by atoms with Crippen molar-refractivity contribution in [1.82, 2.24) is 0 Å². The zero-order chi connectivity index (χ0) is 12.4. The third-order valence-electron chi connectivity index (χ3n) is 3.35. The summed E-state index contributed by atoms with van der Waals surface area (Å²) in [6.07, 6.45) is 3.48. The van der Waals surface area contributed by atoms with Gasteiger partial charge in [-0.1, -0.05) is 19.9 Å². The van der Waals surface area contributed by atoms with Crippen molar-refractivity contribution in [2.75, 3.05) is 5.32 Å². The number of aryl methyl sites for hydroxylation is 2. The Labute approximate surface area is 102 Å². The van der Waals surface area contributed by atoms with Crippen molar-refractivity contribution in [1.29, 1.82) is 0 Å². The number of rotatable bonds is 4. The van der Waals surface area contributed by atoms with Gasteiger partial charge in [-0.3, -0.25) is 0 Å². The Kier molecular flexibility index (Phi) is 3.36. The first-order valence-corrected chi connectivity index (χ1v) is 6.19. The van der Waals surface area contributed by atoms with Crippen molar-refractivity contribution in [3.63, 3.8) is 0 Å². The van der Waals surface area contributed by atoms with Crippen LogP contribution in [0.25, 0.3) is 0 Å². The maximum atomic E-state index is 11.1. The summed E-state index contributed by atoms with van der Waals surface area (Å²) >= 11 is 0. The van der Waals surface area contributed by atoms with Gasteiger partial charge < -0.3 is 10.4 Å². The van der Waals surface area contributed by atoms with Crippen LogP contribution in [0.4, 0.5) is 5.69 Å². The van der Waals surface area contributed by atoms with Crippen LogP contribution in [0.5, 0.6) is 0 Å². The largest absolute Gasteiger partial charge is 0.480 e. The van der Waals surface area contributed by atoms with Gasteiger partial charge in [-0.05, 0) is 48.4 Å². The molecule has 0 amide bonds. The molecule has 1 aliphatic carbocycles. The summed E-state index contributed by atoms with van der Waals surface area (Å²) in [4.78, 5) is 11.1. The first kappa shape index (κ1) is 12.0. The van der Waals surface area contributed by atoms with Crippen LogP contribution < -0.4 is 5.32 Å². The summed E-state index contributed by atoms with van der Waals surface area (Å²) in [5, 5.41) is 12.2. The third-order valence-corrected chi connectivity index (χ3v) is 3.35. The highest BCUT2D eigenvalue weighted by Crippen LogP contribution is 2.25. The van der Waals surface area contributed by atoms with Crippen LogP contribution in [-0.4, -0.2) is 17.1 Å². The number of hydrogen-bond acceptors (Lipinski definition) is 2. The van der Waals surface area contributed by atoms with Crippen LogP contribution in [0.15, 0.2) is 18.2 Å². The molecule has 17 heavy (non-hydrogen) atoms. The monoisotopic (exact) mass is 233 g/mol. The quantitative estimate of drug-likeness (QED) is 0.840. The molecule has 0 saturated heterocycles. The summed E-state index contributed by atoms with van der Waals surface area (Å²) in [5.74, 6) is -0.721. The summed E-state index contributed by atoms with van der Waals surface area (Å²) < 4.78 is 0. The second-order valence-electron chi connectivity index (χ2n) is 5.04. The Hall–Kier alpha value is -1.51. The maximum Gasteiger partial charge on any atom is 0.326 e. The van der Waals surface area contributed by atoms with Crippen LogP contribution in [0.1, 0.15) is 31.4 Å². The topological polar surface area (TPSA) is 49.3 Å². The molecule has 0 aliphatic heterocycles. The van der Waals surface area contributed by atoms with Gasteiger partial charge in [-0.2, -0.15) is 0 Å². The molecule has 0 aromatic heterocycles. The van der Waals surface area contributed by atoms with Crippen LogP contribution in [0.2, 0.25) is 0 Å². The molecule has 1 atom stereocenters. The molecule has 0 bridgehead atoms. The number of benzene rings is 1. The van der Waals surface area contributed by atoms with Crippen LogP contribution >= 0.6 is 0 Å². The molecular weight excluding hydrogens is 214 g/mol. The molecule has 3 nitrogen and oxygen atoms in total. The lowest BCUT2D eigenvalue weighted by molar-refractivity contribution is -0.138. The number of aliphatic carboxylic acids is 1. The Balaban J connectivity index is 2.15. The number of carboxylic acids is 1. The molecule has 1 aromatic carbocycles. The van der Waals surface area contributed by atoms with Crippen molar-refractivity contribution < 1.29 is 9.90 Å². The van der Waals surface area contributed by atoms with Crippen molar-refractivity contribution in [3.8, 4) is 0 Å². The average molecular weight is 233 g/mol. The highest BCUT2D eigenvalue weighted by atomic mass is 16.4. The Bertz CT molecular complexity index is 426. The molecule has 1 aromatic rings. The van der Waals surface area contributed by atoms with Gasteiger partial charge in [0.1, 0.15) is 6.04 Å². The Morgan fingerprint density at radius 3 is 2.65 bits per heavy atom. The van der Waals surface area contributed by atoms with E-state index in [1.807, 2.05) is 19.9 Å². The van der Waals surface area contributed by atoms with Gasteiger partial charge in [0, 0.05) is 5.69 Å². The van der Waals surface area contributed by atoms with Gasteiger partial charge in [-0.15, -0.1) is 0 Å². The zero-order valence-electron chi connectivity index (χ0n) is 10.4. The summed E-state index contributed by atoms with van der Waals surface area (Å²) in [6.45, 7) is 3.83. The minimum Gasteiger partial charge on any atom is -0.480 e. The lowest BCUT2D eigenvalue weighted by atomic mass is 10.0. The molecule has 0 fully saturated rings. The van der Waals surface area contributed by atoms with E-state index in [1.165, 1.54) is 17.5 Å². The third kappa shape index (κ3) is 2.60. The predicted octanol–water partition coefficient (Wildman–Crippen LogP) is 2.70. The highest BCUT2D eigenvalue weighted by molar-refractivity contribution is 5.77. The van der Waals surface area contributed by atoms with Gasteiger partial charge >= 0.3 is 5.97 Å². The van der Waals surface area contributed by atoms with Crippen molar-refractivity contribution in [2.45, 2.75) is 39.2 Å². The first-order valence-electron chi connectivity index (χ1n) is 6.19. The van der Waals surface area contributed by atoms with Crippen molar-refractivity contribution in [2.24, 2.45) is 5.92 Å². The second-order valence-corrected chi connectivity index (χ2v) is 5.04. The first-order chi connectivity index (χ1) is 8.08. The van der Waals surface area contributed by atoms with E-state index in [-0.39, 0.29) is 5.92 Å². The lowest BCUT2D eigenvalue weighted by Gasteiger charge is -2.19. The van der Waals surface area contributed by atoms with E-state index in [9.17, 15) is 4.79 Å².